The molecule has 102 valence electrons. The van der Waals surface area contributed by atoms with Gasteiger partial charge in [-0.1, -0.05) is 12.5 Å². The van der Waals surface area contributed by atoms with Crippen LogP contribution in [0.25, 0.3) is 0 Å². The molecule has 4 unspecified atom stereocenters. The zero-order valence-corrected chi connectivity index (χ0v) is 11.4. The van der Waals surface area contributed by atoms with E-state index in [1.165, 1.54) is 43.2 Å². The molecule has 2 bridgehead atoms. The van der Waals surface area contributed by atoms with E-state index in [2.05, 4.69) is 11.4 Å². The predicted octanol–water partition coefficient (Wildman–Crippen LogP) is 3.41. The molecule has 1 aliphatic heterocycles. The van der Waals surface area contributed by atoms with E-state index >= 15 is 0 Å². The average Bonchev–Trinajstić information content (AvgIpc) is 3.02. The molecule has 2 saturated carbocycles. The number of phenolic OH excluding ortho intramolecular Hbond substituents is 1. The number of aromatic hydroxyl groups is 1. The van der Waals surface area contributed by atoms with Crippen molar-refractivity contribution in [1.29, 1.82) is 0 Å². The Morgan fingerprint density at radius 3 is 2.95 bits per heavy atom. The molecule has 1 aromatic carbocycles. The predicted molar refractivity (Wildman–Crippen MR) is 76.1 cm³/mol. The summed E-state index contributed by atoms with van der Waals surface area (Å²) < 4.78 is 0. The lowest BCUT2D eigenvalue weighted by Crippen LogP contribution is -2.32. The lowest BCUT2D eigenvalue weighted by molar-refractivity contribution is 0.275. The maximum Gasteiger partial charge on any atom is 0.115 e. The topological polar surface area (TPSA) is 32.3 Å². The van der Waals surface area contributed by atoms with Crippen LogP contribution < -0.4 is 5.32 Å². The number of phenols is 1. The van der Waals surface area contributed by atoms with Gasteiger partial charge in [0.05, 0.1) is 0 Å². The Kier molecular flexibility index (Phi) is 2.80. The molecule has 2 aliphatic carbocycles. The first-order valence-electron chi connectivity index (χ1n) is 7.85. The van der Waals surface area contributed by atoms with Gasteiger partial charge in [-0.2, -0.15) is 0 Å². The molecule has 1 aromatic rings. The summed E-state index contributed by atoms with van der Waals surface area (Å²) in [5, 5.41) is 13.4. The summed E-state index contributed by atoms with van der Waals surface area (Å²) in [4.78, 5) is 0. The minimum Gasteiger partial charge on any atom is -0.508 e. The summed E-state index contributed by atoms with van der Waals surface area (Å²) >= 11 is 0. The summed E-state index contributed by atoms with van der Waals surface area (Å²) in [6, 6.07) is 6.40. The van der Waals surface area contributed by atoms with Gasteiger partial charge >= 0.3 is 0 Å². The molecule has 19 heavy (non-hydrogen) atoms. The Labute approximate surface area is 115 Å². The van der Waals surface area contributed by atoms with Crippen molar-refractivity contribution in [3.8, 4) is 5.75 Å². The standard InChI is InChI=1S/C17H23NO/c19-15-4-3-12-5-6-18-17(16(12)10-15)9-14-8-11-1-2-13(14)7-11/h3-4,10-11,13-14,17-19H,1-2,5-9H2. The number of hydrogen-bond acceptors (Lipinski definition) is 2. The van der Waals surface area contributed by atoms with Crippen LogP contribution in [0.5, 0.6) is 5.75 Å². The number of fused-ring (bicyclic) bond motifs is 3. The molecular formula is C17H23NO. The molecule has 4 atom stereocenters. The van der Waals surface area contributed by atoms with E-state index in [1.54, 1.807) is 0 Å². The van der Waals surface area contributed by atoms with Crippen LogP contribution in [0.2, 0.25) is 0 Å². The van der Waals surface area contributed by atoms with Crippen molar-refractivity contribution >= 4 is 0 Å². The Morgan fingerprint density at radius 2 is 2.16 bits per heavy atom. The highest BCUT2D eigenvalue weighted by Crippen LogP contribution is 2.51. The Hall–Kier alpha value is -1.02. The highest BCUT2D eigenvalue weighted by Gasteiger charge is 2.40. The van der Waals surface area contributed by atoms with Crippen molar-refractivity contribution in [3.05, 3.63) is 29.3 Å². The van der Waals surface area contributed by atoms with Gasteiger partial charge in [-0.3, -0.25) is 0 Å². The summed E-state index contributed by atoms with van der Waals surface area (Å²) in [5.74, 6) is 3.36. The lowest BCUT2D eigenvalue weighted by atomic mass is 9.81. The summed E-state index contributed by atoms with van der Waals surface area (Å²) in [5.41, 5.74) is 2.79. The van der Waals surface area contributed by atoms with Crippen molar-refractivity contribution in [1.82, 2.24) is 5.32 Å². The van der Waals surface area contributed by atoms with Crippen molar-refractivity contribution < 1.29 is 5.11 Å². The molecule has 1 heterocycles. The Morgan fingerprint density at radius 1 is 1.21 bits per heavy atom. The van der Waals surface area contributed by atoms with Crippen LogP contribution in [0.4, 0.5) is 0 Å². The van der Waals surface area contributed by atoms with Crippen LogP contribution >= 0.6 is 0 Å². The lowest BCUT2D eigenvalue weighted by Gasteiger charge is -2.32. The van der Waals surface area contributed by atoms with Gasteiger partial charge in [0.25, 0.3) is 0 Å². The van der Waals surface area contributed by atoms with Gasteiger partial charge in [-0.15, -0.1) is 0 Å². The van der Waals surface area contributed by atoms with E-state index in [-0.39, 0.29) is 0 Å². The third kappa shape index (κ3) is 2.06. The highest BCUT2D eigenvalue weighted by atomic mass is 16.3. The first-order valence-corrected chi connectivity index (χ1v) is 7.85. The number of hydrogen-bond donors (Lipinski definition) is 2. The minimum absolute atomic E-state index is 0.417. The van der Waals surface area contributed by atoms with E-state index in [0.29, 0.717) is 11.8 Å². The van der Waals surface area contributed by atoms with Gasteiger partial charge in [0.15, 0.2) is 0 Å². The largest absolute Gasteiger partial charge is 0.508 e. The number of benzene rings is 1. The number of nitrogens with one attached hydrogen (secondary N) is 1. The van der Waals surface area contributed by atoms with Gasteiger partial charge < -0.3 is 10.4 Å². The summed E-state index contributed by atoms with van der Waals surface area (Å²) in [6.45, 7) is 1.09. The molecule has 2 nitrogen and oxygen atoms in total. The van der Waals surface area contributed by atoms with Gasteiger partial charge in [-0.05, 0) is 79.7 Å². The molecule has 2 heteroatoms. The molecule has 0 amide bonds. The second kappa shape index (κ2) is 4.52. The van der Waals surface area contributed by atoms with Crippen molar-refractivity contribution in [2.75, 3.05) is 6.54 Å². The third-order valence-corrected chi connectivity index (χ3v) is 5.71. The zero-order chi connectivity index (χ0) is 12.8. The van der Waals surface area contributed by atoms with Crippen LogP contribution in [0.3, 0.4) is 0 Å². The van der Waals surface area contributed by atoms with Crippen molar-refractivity contribution in [3.63, 3.8) is 0 Å². The van der Waals surface area contributed by atoms with Gasteiger partial charge in [0.1, 0.15) is 5.75 Å². The van der Waals surface area contributed by atoms with E-state index in [1.807, 2.05) is 12.1 Å². The quantitative estimate of drug-likeness (QED) is 0.851. The highest BCUT2D eigenvalue weighted by molar-refractivity contribution is 5.38. The van der Waals surface area contributed by atoms with Gasteiger partial charge in [0.2, 0.25) is 0 Å². The molecule has 2 fully saturated rings. The van der Waals surface area contributed by atoms with Crippen LogP contribution in [-0.2, 0) is 6.42 Å². The fourth-order valence-corrected chi connectivity index (χ4v) is 4.80. The van der Waals surface area contributed by atoms with E-state index in [4.69, 9.17) is 0 Å². The first-order chi connectivity index (χ1) is 9.29. The molecule has 0 aromatic heterocycles. The Balaban J connectivity index is 1.55. The van der Waals surface area contributed by atoms with Gasteiger partial charge in [0, 0.05) is 6.04 Å². The van der Waals surface area contributed by atoms with Crippen molar-refractivity contribution in [2.45, 2.75) is 44.6 Å². The van der Waals surface area contributed by atoms with E-state index in [9.17, 15) is 5.11 Å². The zero-order valence-electron chi connectivity index (χ0n) is 11.4. The van der Waals surface area contributed by atoms with Crippen LogP contribution in [0.1, 0.15) is 49.3 Å². The molecule has 0 spiro atoms. The second-order valence-corrected chi connectivity index (χ2v) is 6.81. The minimum atomic E-state index is 0.417. The van der Waals surface area contributed by atoms with Crippen molar-refractivity contribution in [2.24, 2.45) is 17.8 Å². The normalized spacial score (nSPS) is 36.4. The fourth-order valence-electron chi connectivity index (χ4n) is 4.80. The first kappa shape index (κ1) is 11.8. The molecule has 0 saturated heterocycles. The maximum atomic E-state index is 9.74. The second-order valence-electron chi connectivity index (χ2n) is 6.81. The summed E-state index contributed by atoms with van der Waals surface area (Å²) in [6.07, 6.45) is 8.27. The van der Waals surface area contributed by atoms with E-state index < -0.39 is 0 Å². The molecule has 2 N–H and O–H groups in total. The van der Waals surface area contributed by atoms with Crippen LogP contribution in [0, 0.1) is 17.8 Å². The SMILES string of the molecule is Oc1ccc2c(c1)C(CC1CC3CCC1C3)NCC2. The molecule has 4 rings (SSSR count). The summed E-state index contributed by atoms with van der Waals surface area (Å²) in [7, 11) is 0. The molecular weight excluding hydrogens is 234 g/mol. The maximum absolute atomic E-state index is 9.74. The molecule has 3 aliphatic rings. The third-order valence-electron chi connectivity index (χ3n) is 5.71. The number of rotatable bonds is 2. The average molecular weight is 257 g/mol. The fraction of sp³-hybridized carbons (Fsp3) is 0.647. The van der Waals surface area contributed by atoms with E-state index in [0.717, 1.165) is 30.7 Å². The van der Waals surface area contributed by atoms with Crippen LogP contribution in [0.15, 0.2) is 18.2 Å². The van der Waals surface area contributed by atoms with Gasteiger partial charge in [-0.25, -0.2) is 0 Å². The smallest absolute Gasteiger partial charge is 0.115 e. The molecule has 0 radical (unpaired) electrons. The van der Waals surface area contributed by atoms with Crippen LogP contribution in [-0.4, -0.2) is 11.7 Å². The monoisotopic (exact) mass is 257 g/mol. The Bertz CT molecular complexity index is 484.